The molecule has 1 heterocycles. The maximum atomic E-state index is 11.9. The molecular weight excluding hydrogens is 324 g/mol. The Labute approximate surface area is 98.0 Å². The summed E-state index contributed by atoms with van der Waals surface area (Å²) in [5.74, 6) is -0.471. The zero-order valence-corrected chi connectivity index (χ0v) is 9.89. The van der Waals surface area contributed by atoms with Crippen LogP contribution >= 0.6 is 22.6 Å². The topological polar surface area (TPSA) is 48.1 Å². The first-order chi connectivity index (χ1) is 6.83. The molecule has 0 bridgehead atoms. The Morgan fingerprint density at radius 1 is 1.53 bits per heavy atom. The van der Waals surface area contributed by atoms with E-state index >= 15 is 0 Å². The van der Waals surface area contributed by atoms with E-state index in [-0.39, 0.29) is 6.54 Å². The number of alkyl halides is 3. The van der Waals surface area contributed by atoms with Crippen molar-refractivity contribution in [1.29, 1.82) is 0 Å². The van der Waals surface area contributed by atoms with Gasteiger partial charge in [0.05, 0.1) is 5.69 Å². The number of hydrogen-bond donors (Lipinski definition) is 1. The van der Waals surface area contributed by atoms with Crippen molar-refractivity contribution < 1.29 is 17.9 Å². The van der Waals surface area contributed by atoms with E-state index in [4.69, 9.17) is 5.73 Å². The van der Waals surface area contributed by atoms with Crippen molar-refractivity contribution in [3.63, 3.8) is 0 Å². The smallest absolute Gasteiger partial charge is 0.388 e. The molecule has 0 fully saturated rings. The van der Waals surface area contributed by atoms with Gasteiger partial charge in [-0.15, -0.1) is 13.2 Å². The summed E-state index contributed by atoms with van der Waals surface area (Å²) in [5, 5.41) is 0. The summed E-state index contributed by atoms with van der Waals surface area (Å²) in [6, 6.07) is 1.20. The van der Waals surface area contributed by atoms with Crippen molar-refractivity contribution in [2.45, 2.75) is 19.8 Å². The minimum absolute atomic E-state index is 0.149. The van der Waals surface area contributed by atoms with Crippen LogP contribution in [0.15, 0.2) is 6.07 Å². The summed E-state index contributed by atoms with van der Waals surface area (Å²) in [6.07, 6.45) is -4.72. The highest BCUT2D eigenvalue weighted by Gasteiger charge is 2.32. The van der Waals surface area contributed by atoms with Gasteiger partial charge in [-0.1, -0.05) is 0 Å². The maximum absolute atomic E-state index is 11.9. The first-order valence-corrected chi connectivity index (χ1v) is 5.03. The van der Waals surface area contributed by atoms with Crippen LogP contribution in [0.5, 0.6) is 5.88 Å². The zero-order chi connectivity index (χ0) is 11.6. The van der Waals surface area contributed by atoms with Gasteiger partial charge < -0.3 is 10.5 Å². The van der Waals surface area contributed by atoms with Crippen LogP contribution in [0.4, 0.5) is 13.2 Å². The molecule has 1 aromatic heterocycles. The van der Waals surface area contributed by atoms with Crippen LogP contribution in [0.25, 0.3) is 0 Å². The summed E-state index contributed by atoms with van der Waals surface area (Å²) in [5.41, 5.74) is 6.44. The van der Waals surface area contributed by atoms with Crippen LogP contribution in [0.2, 0.25) is 0 Å². The Bertz CT molecular complexity index is 368. The van der Waals surface area contributed by atoms with Crippen LogP contribution in [0.3, 0.4) is 0 Å². The number of rotatable bonds is 2. The lowest BCUT2D eigenvalue weighted by Gasteiger charge is -2.11. The number of ether oxygens (including phenoxy) is 1. The van der Waals surface area contributed by atoms with Gasteiger partial charge in [0.15, 0.2) is 0 Å². The number of halogens is 4. The van der Waals surface area contributed by atoms with Crippen molar-refractivity contribution in [2.24, 2.45) is 5.73 Å². The summed E-state index contributed by atoms with van der Waals surface area (Å²) in [7, 11) is 0. The molecule has 1 rings (SSSR count). The lowest BCUT2D eigenvalue weighted by atomic mass is 10.2. The molecule has 0 radical (unpaired) electrons. The van der Waals surface area contributed by atoms with Gasteiger partial charge in [0.2, 0.25) is 5.88 Å². The molecular formula is C8H8F3IN2O. The molecule has 15 heavy (non-hydrogen) atoms. The number of aryl methyl sites for hydroxylation is 1. The normalized spacial score (nSPS) is 11.6. The van der Waals surface area contributed by atoms with Crippen molar-refractivity contribution in [3.05, 3.63) is 20.9 Å². The van der Waals surface area contributed by atoms with Gasteiger partial charge in [-0.05, 0) is 35.1 Å². The predicted molar refractivity (Wildman–Crippen MR) is 56.3 cm³/mol. The first kappa shape index (κ1) is 12.5. The van der Waals surface area contributed by atoms with Crippen molar-refractivity contribution in [2.75, 3.05) is 0 Å². The molecule has 0 spiro atoms. The monoisotopic (exact) mass is 332 g/mol. The van der Waals surface area contributed by atoms with Gasteiger partial charge in [0.1, 0.15) is 0 Å². The van der Waals surface area contributed by atoms with Gasteiger partial charge in [-0.25, -0.2) is 4.98 Å². The standard InChI is InChI=1S/C8H8F3IN2O/c1-4-7(12)5(3-13)2-6(14-4)15-8(9,10)11/h2H,3,13H2,1H3. The van der Waals surface area contributed by atoms with Crippen LogP contribution in [0, 0.1) is 10.5 Å². The lowest BCUT2D eigenvalue weighted by Crippen LogP contribution is -2.18. The number of nitrogens with zero attached hydrogens (tertiary/aromatic N) is 1. The summed E-state index contributed by atoms with van der Waals surface area (Å²) < 4.78 is 40.2. The molecule has 0 saturated carbocycles. The largest absolute Gasteiger partial charge is 0.574 e. The predicted octanol–water partition coefficient (Wildman–Crippen LogP) is 2.35. The van der Waals surface area contributed by atoms with E-state index in [0.717, 1.165) is 3.57 Å². The van der Waals surface area contributed by atoms with E-state index in [2.05, 4.69) is 9.72 Å². The molecule has 0 aliphatic rings. The molecule has 0 aliphatic heterocycles. The van der Waals surface area contributed by atoms with E-state index in [9.17, 15) is 13.2 Å². The fourth-order valence-corrected chi connectivity index (χ4v) is 1.51. The fourth-order valence-electron chi connectivity index (χ4n) is 1.01. The van der Waals surface area contributed by atoms with Crippen molar-refractivity contribution in [1.82, 2.24) is 4.98 Å². The second-order valence-corrected chi connectivity index (χ2v) is 3.85. The number of pyridine rings is 1. The molecule has 0 unspecified atom stereocenters. The molecule has 0 aliphatic carbocycles. The van der Waals surface area contributed by atoms with Gasteiger partial charge >= 0.3 is 6.36 Å². The van der Waals surface area contributed by atoms with E-state index in [0.29, 0.717) is 11.3 Å². The Kier molecular flexibility index (Phi) is 3.77. The Balaban J connectivity index is 3.06. The molecule has 0 atom stereocenters. The second-order valence-electron chi connectivity index (χ2n) is 2.77. The first-order valence-electron chi connectivity index (χ1n) is 3.95. The maximum Gasteiger partial charge on any atom is 0.574 e. The minimum Gasteiger partial charge on any atom is -0.388 e. The summed E-state index contributed by atoms with van der Waals surface area (Å²) in [4.78, 5) is 3.66. The second kappa shape index (κ2) is 4.52. The lowest BCUT2D eigenvalue weighted by molar-refractivity contribution is -0.276. The van der Waals surface area contributed by atoms with Crippen LogP contribution in [0.1, 0.15) is 11.3 Å². The quantitative estimate of drug-likeness (QED) is 0.846. The highest BCUT2D eigenvalue weighted by Crippen LogP contribution is 2.25. The molecule has 3 nitrogen and oxygen atoms in total. The third kappa shape index (κ3) is 3.49. The van der Waals surface area contributed by atoms with Crippen molar-refractivity contribution >= 4 is 22.6 Å². The SMILES string of the molecule is Cc1nc(OC(F)(F)F)cc(CN)c1I. The number of aromatic nitrogens is 1. The molecule has 0 aromatic carbocycles. The van der Waals surface area contributed by atoms with E-state index in [1.165, 1.54) is 6.07 Å². The Hall–Kier alpha value is -0.570. The molecule has 2 N–H and O–H groups in total. The molecule has 0 saturated heterocycles. The van der Waals surface area contributed by atoms with Crippen LogP contribution in [-0.4, -0.2) is 11.3 Å². The van der Waals surface area contributed by atoms with Gasteiger partial charge in [-0.3, -0.25) is 0 Å². The average molecular weight is 332 g/mol. The van der Waals surface area contributed by atoms with Gasteiger partial charge in [-0.2, -0.15) is 0 Å². The minimum atomic E-state index is -4.72. The Morgan fingerprint density at radius 3 is 2.60 bits per heavy atom. The summed E-state index contributed by atoms with van der Waals surface area (Å²) in [6.45, 7) is 1.75. The van der Waals surface area contributed by atoms with Crippen molar-refractivity contribution in [3.8, 4) is 5.88 Å². The third-order valence-electron chi connectivity index (χ3n) is 1.62. The molecule has 0 amide bonds. The Morgan fingerprint density at radius 2 is 2.13 bits per heavy atom. The van der Waals surface area contributed by atoms with Gasteiger partial charge in [0, 0.05) is 16.2 Å². The van der Waals surface area contributed by atoms with E-state index < -0.39 is 12.2 Å². The third-order valence-corrected chi connectivity index (χ3v) is 3.09. The zero-order valence-electron chi connectivity index (χ0n) is 7.73. The van der Waals surface area contributed by atoms with E-state index in [1.807, 2.05) is 22.6 Å². The molecule has 7 heteroatoms. The highest BCUT2D eigenvalue weighted by molar-refractivity contribution is 14.1. The highest BCUT2D eigenvalue weighted by atomic mass is 127. The average Bonchev–Trinajstić information content (AvgIpc) is 2.08. The van der Waals surface area contributed by atoms with Gasteiger partial charge in [0.25, 0.3) is 0 Å². The van der Waals surface area contributed by atoms with Crippen LogP contribution < -0.4 is 10.5 Å². The van der Waals surface area contributed by atoms with Crippen LogP contribution in [-0.2, 0) is 6.54 Å². The fraction of sp³-hybridized carbons (Fsp3) is 0.375. The van der Waals surface area contributed by atoms with E-state index in [1.54, 1.807) is 6.92 Å². The molecule has 84 valence electrons. The summed E-state index contributed by atoms with van der Waals surface area (Å²) >= 11 is 1.98. The molecule has 1 aromatic rings. The number of nitrogens with two attached hydrogens (primary N) is 1. The number of hydrogen-bond acceptors (Lipinski definition) is 3.